The highest BCUT2D eigenvalue weighted by atomic mass is 32.2. The molecule has 0 saturated carbocycles. The van der Waals surface area contributed by atoms with Crippen molar-refractivity contribution in [2.24, 2.45) is 0 Å². The van der Waals surface area contributed by atoms with Crippen molar-refractivity contribution in [1.82, 2.24) is 5.32 Å². The zero-order valence-electron chi connectivity index (χ0n) is 17.8. The van der Waals surface area contributed by atoms with Crippen molar-refractivity contribution in [2.75, 3.05) is 12.0 Å². The molecule has 1 unspecified atom stereocenters. The maximum absolute atomic E-state index is 12.4. The van der Waals surface area contributed by atoms with E-state index in [2.05, 4.69) is 12.2 Å². The lowest BCUT2D eigenvalue weighted by molar-refractivity contribution is -0.142. The van der Waals surface area contributed by atoms with Gasteiger partial charge in [-0.25, -0.2) is 9.59 Å². The summed E-state index contributed by atoms with van der Waals surface area (Å²) in [5.41, 5.74) is 1.58. The lowest BCUT2D eigenvalue weighted by Crippen LogP contribution is -2.46. The number of carbonyl (C=O) groups excluding carboxylic acids is 1. The molecule has 1 amide bonds. The standard InChI is InChI=1S/C22H29NO6S/c1-5-6-7-15-12-19(24)29-20-13(2)18(9-8-16(15)20)28-14(3)21(25)23-17(22(26)27)10-11-30-4/h8-9,12,14,17H,5-7,10-11H2,1-4H3,(H,23,25)(H,26,27)/t14?,17-/m0/s1. The van der Waals surface area contributed by atoms with Crippen LogP contribution in [-0.4, -0.2) is 41.1 Å². The van der Waals surface area contributed by atoms with E-state index < -0.39 is 29.6 Å². The molecule has 2 rings (SSSR count). The fourth-order valence-corrected chi connectivity index (χ4v) is 3.61. The average molecular weight is 436 g/mol. The zero-order valence-corrected chi connectivity index (χ0v) is 18.6. The van der Waals surface area contributed by atoms with Gasteiger partial charge in [-0.15, -0.1) is 0 Å². The number of hydrogen-bond acceptors (Lipinski definition) is 6. The molecule has 2 aromatic rings. The highest BCUT2D eigenvalue weighted by Gasteiger charge is 2.24. The Morgan fingerprint density at radius 3 is 2.70 bits per heavy atom. The summed E-state index contributed by atoms with van der Waals surface area (Å²) in [6.07, 6.45) is 4.06. The van der Waals surface area contributed by atoms with Crippen LogP contribution in [0.3, 0.4) is 0 Å². The van der Waals surface area contributed by atoms with E-state index in [-0.39, 0.29) is 0 Å². The summed E-state index contributed by atoms with van der Waals surface area (Å²) < 4.78 is 11.2. The van der Waals surface area contributed by atoms with Crippen LogP contribution in [0.4, 0.5) is 0 Å². The van der Waals surface area contributed by atoms with Crippen LogP contribution in [0.1, 0.15) is 44.2 Å². The van der Waals surface area contributed by atoms with E-state index >= 15 is 0 Å². The molecule has 1 aromatic heterocycles. The first-order valence-corrected chi connectivity index (χ1v) is 11.4. The Bertz CT molecular complexity index is 955. The predicted molar refractivity (Wildman–Crippen MR) is 118 cm³/mol. The van der Waals surface area contributed by atoms with E-state index in [1.807, 2.05) is 12.3 Å². The van der Waals surface area contributed by atoms with Crippen molar-refractivity contribution < 1.29 is 23.8 Å². The number of ether oxygens (including phenoxy) is 1. The fourth-order valence-electron chi connectivity index (χ4n) is 3.14. The summed E-state index contributed by atoms with van der Waals surface area (Å²) in [6, 6.07) is 4.13. The number of aryl methyl sites for hydroxylation is 2. The summed E-state index contributed by atoms with van der Waals surface area (Å²) in [6.45, 7) is 5.42. The van der Waals surface area contributed by atoms with Gasteiger partial charge < -0.3 is 19.6 Å². The molecule has 1 aromatic carbocycles. The number of benzene rings is 1. The Morgan fingerprint density at radius 2 is 2.07 bits per heavy atom. The molecular formula is C22H29NO6S. The third kappa shape index (κ3) is 6.01. The summed E-state index contributed by atoms with van der Waals surface area (Å²) in [4.78, 5) is 35.8. The molecule has 2 atom stereocenters. The fraction of sp³-hybridized carbons (Fsp3) is 0.500. The van der Waals surface area contributed by atoms with Crippen LogP contribution in [0.5, 0.6) is 5.75 Å². The van der Waals surface area contributed by atoms with E-state index in [1.165, 1.54) is 17.8 Å². The van der Waals surface area contributed by atoms with Gasteiger partial charge in [0.25, 0.3) is 5.91 Å². The van der Waals surface area contributed by atoms with Crippen molar-refractivity contribution in [2.45, 2.75) is 58.6 Å². The van der Waals surface area contributed by atoms with Crippen LogP contribution in [0, 0.1) is 6.92 Å². The first kappa shape index (κ1) is 23.8. The van der Waals surface area contributed by atoms with Crippen LogP contribution in [0.15, 0.2) is 27.4 Å². The largest absolute Gasteiger partial charge is 0.480 e. The Morgan fingerprint density at radius 1 is 1.33 bits per heavy atom. The van der Waals surface area contributed by atoms with Crippen LogP contribution < -0.4 is 15.7 Å². The number of aliphatic carboxylic acids is 1. The van der Waals surface area contributed by atoms with Gasteiger partial charge >= 0.3 is 11.6 Å². The number of rotatable bonds is 11. The Hall–Kier alpha value is -2.48. The Kier molecular flexibility index (Phi) is 8.77. The number of carboxylic acid groups (broad SMARTS) is 1. The number of nitrogens with one attached hydrogen (secondary N) is 1. The van der Waals surface area contributed by atoms with Gasteiger partial charge in [0.05, 0.1) is 0 Å². The molecule has 164 valence electrons. The molecule has 1 heterocycles. The summed E-state index contributed by atoms with van der Waals surface area (Å²) >= 11 is 1.51. The quantitative estimate of drug-likeness (QED) is 0.520. The second-order valence-corrected chi connectivity index (χ2v) is 8.19. The molecule has 8 heteroatoms. The van der Waals surface area contributed by atoms with E-state index in [4.69, 9.17) is 9.15 Å². The molecular weight excluding hydrogens is 406 g/mol. The van der Waals surface area contributed by atoms with Gasteiger partial charge in [-0.05, 0) is 62.8 Å². The van der Waals surface area contributed by atoms with E-state index in [1.54, 1.807) is 19.9 Å². The van der Waals surface area contributed by atoms with Crippen LogP contribution in [0.25, 0.3) is 11.0 Å². The number of unbranched alkanes of at least 4 members (excludes halogenated alkanes) is 1. The Balaban J connectivity index is 2.22. The van der Waals surface area contributed by atoms with E-state index in [9.17, 15) is 19.5 Å². The Labute approximate surface area is 180 Å². The molecule has 30 heavy (non-hydrogen) atoms. The van der Waals surface area contributed by atoms with Gasteiger partial charge in [0, 0.05) is 17.0 Å². The molecule has 0 bridgehead atoms. The van der Waals surface area contributed by atoms with Crippen molar-refractivity contribution >= 4 is 34.6 Å². The van der Waals surface area contributed by atoms with Gasteiger partial charge in [0.2, 0.25) is 0 Å². The van der Waals surface area contributed by atoms with Crippen molar-refractivity contribution in [1.29, 1.82) is 0 Å². The smallest absolute Gasteiger partial charge is 0.336 e. The van der Waals surface area contributed by atoms with Crippen molar-refractivity contribution in [3.05, 3.63) is 39.7 Å². The van der Waals surface area contributed by atoms with Gasteiger partial charge in [0.15, 0.2) is 6.10 Å². The lowest BCUT2D eigenvalue weighted by Gasteiger charge is -2.20. The number of thioether (sulfide) groups is 1. The molecule has 0 aliphatic rings. The van der Waals surface area contributed by atoms with Gasteiger partial charge in [-0.3, -0.25) is 4.79 Å². The first-order chi connectivity index (χ1) is 14.3. The minimum atomic E-state index is -1.08. The third-order valence-corrected chi connectivity index (χ3v) is 5.54. The van der Waals surface area contributed by atoms with Gasteiger partial charge in [-0.2, -0.15) is 11.8 Å². The van der Waals surface area contributed by atoms with Crippen LogP contribution in [0.2, 0.25) is 0 Å². The molecule has 0 aliphatic carbocycles. The summed E-state index contributed by atoms with van der Waals surface area (Å²) in [7, 11) is 0. The molecule has 0 spiro atoms. The monoisotopic (exact) mass is 435 g/mol. The topological polar surface area (TPSA) is 106 Å². The molecule has 2 N–H and O–H groups in total. The molecule has 0 radical (unpaired) electrons. The maximum atomic E-state index is 12.4. The highest BCUT2D eigenvalue weighted by molar-refractivity contribution is 7.98. The molecule has 0 saturated heterocycles. The second-order valence-electron chi connectivity index (χ2n) is 7.20. The third-order valence-electron chi connectivity index (χ3n) is 4.89. The number of hydrogen-bond donors (Lipinski definition) is 2. The first-order valence-electron chi connectivity index (χ1n) is 10.0. The lowest BCUT2D eigenvalue weighted by atomic mass is 10.0. The molecule has 0 aliphatic heterocycles. The van der Waals surface area contributed by atoms with Gasteiger partial charge in [0.1, 0.15) is 17.4 Å². The van der Waals surface area contributed by atoms with E-state index in [0.29, 0.717) is 29.1 Å². The molecule has 0 fully saturated rings. The maximum Gasteiger partial charge on any atom is 0.336 e. The average Bonchev–Trinajstić information content (AvgIpc) is 2.71. The number of carbonyl (C=O) groups is 2. The molecule has 7 nitrogen and oxygen atoms in total. The summed E-state index contributed by atoms with van der Waals surface area (Å²) in [5, 5.41) is 12.7. The SMILES string of the molecule is CCCCc1cc(=O)oc2c(C)c(OC(C)C(=O)N[C@@H](CCSC)C(=O)O)ccc12. The highest BCUT2D eigenvalue weighted by Crippen LogP contribution is 2.29. The number of fused-ring (bicyclic) bond motifs is 1. The minimum absolute atomic E-state index is 0.329. The minimum Gasteiger partial charge on any atom is -0.480 e. The van der Waals surface area contributed by atoms with Crippen molar-refractivity contribution in [3.63, 3.8) is 0 Å². The number of carboxylic acids is 1. The van der Waals surface area contributed by atoms with Crippen molar-refractivity contribution in [3.8, 4) is 5.75 Å². The zero-order chi connectivity index (χ0) is 22.3. The normalized spacial score (nSPS) is 13.1. The van der Waals surface area contributed by atoms with Crippen LogP contribution in [-0.2, 0) is 16.0 Å². The van der Waals surface area contributed by atoms with Gasteiger partial charge in [-0.1, -0.05) is 13.3 Å². The number of amides is 1. The summed E-state index contributed by atoms with van der Waals surface area (Å²) in [5.74, 6) is -0.554. The second kappa shape index (κ2) is 11.1. The van der Waals surface area contributed by atoms with Crippen LogP contribution >= 0.6 is 11.8 Å². The van der Waals surface area contributed by atoms with E-state index in [0.717, 1.165) is 30.2 Å². The predicted octanol–water partition coefficient (Wildman–Crippen LogP) is 3.53.